The van der Waals surface area contributed by atoms with Crippen molar-refractivity contribution in [3.63, 3.8) is 0 Å². The van der Waals surface area contributed by atoms with Gasteiger partial charge in [0.25, 0.3) is 0 Å². The molecule has 0 fully saturated rings. The Morgan fingerprint density at radius 2 is 1.04 bits per heavy atom. The number of aliphatic hydroxyl groups excluding tert-OH is 9. The third-order valence-corrected chi connectivity index (χ3v) is 2.92. The van der Waals surface area contributed by atoms with Gasteiger partial charge in [0.1, 0.15) is 36.6 Å². The number of carbonyl (C=O) groups is 3. The molecule has 11 N–H and O–H groups in total. The summed E-state index contributed by atoms with van der Waals surface area (Å²) in [5.74, 6) is -3.68. The van der Waals surface area contributed by atoms with Crippen molar-refractivity contribution in [3.8, 4) is 0 Å². The fourth-order valence-electron chi connectivity index (χ4n) is 1.28. The summed E-state index contributed by atoms with van der Waals surface area (Å²) >= 11 is 0. The minimum atomic E-state index is -2.36. The van der Waals surface area contributed by atoms with Gasteiger partial charge in [-0.25, -0.2) is 9.59 Å². The summed E-state index contributed by atoms with van der Waals surface area (Å²) in [6.07, 6.45) is -16.1. The number of hydrogen-bond acceptors (Lipinski definition) is 12. The van der Waals surface area contributed by atoms with Gasteiger partial charge in [0.05, 0.1) is 6.61 Å². The summed E-state index contributed by atoms with van der Waals surface area (Å²) in [6.45, 7) is -0.760. The molecule has 0 rings (SSSR count). The zero-order valence-electron chi connectivity index (χ0n) is 13.0. The standard InChI is InChI=1S/C6H10O8.C6H12O6/c7-1(3(9)5(11)12)2(8)4(10)6(13)14;7-1-3(9)5(11)6(12)4(10)2-8/h1-4,7-10H,(H,11,12)(H,13,14);1,3-6,8-12H,2H2. The molecule has 8 atom stereocenters. The average Bonchev–Trinajstić information content (AvgIpc) is 2.62. The molecule has 0 aliphatic heterocycles. The Labute approximate surface area is 145 Å². The lowest BCUT2D eigenvalue weighted by Crippen LogP contribution is -2.49. The van der Waals surface area contributed by atoms with E-state index in [0.29, 0.717) is 0 Å². The van der Waals surface area contributed by atoms with E-state index in [4.69, 9.17) is 56.2 Å². The molecule has 0 radical (unpaired) electrons. The van der Waals surface area contributed by atoms with Crippen molar-refractivity contribution in [2.75, 3.05) is 6.61 Å². The van der Waals surface area contributed by atoms with Crippen LogP contribution in [-0.4, -0.2) is 130 Å². The van der Waals surface area contributed by atoms with Crippen LogP contribution in [-0.2, 0) is 14.4 Å². The molecule has 0 aromatic heterocycles. The van der Waals surface area contributed by atoms with E-state index >= 15 is 0 Å². The first kappa shape index (κ1) is 26.5. The molecular weight excluding hydrogens is 368 g/mol. The molecule has 0 aromatic rings. The molecule has 0 amide bonds. The van der Waals surface area contributed by atoms with E-state index in [1.54, 1.807) is 0 Å². The first-order valence-corrected chi connectivity index (χ1v) is 6.79. The lowest BCUT2D eigenvalue weighted by atomic mass is 10.0. The lowest BCUT2D eigenvalue weighted by molar-refractivity contribution is -0.172. The fraction of sp³-hybridized carbons (Fsp3) is 0.750. The van der Waals surface area contributed by atoms with E-state index in [2.05, 4.69) is 0 Å². The quantitative estimate of drug-likeness (QED) is 0.155. The third-order valence-electron chi connectivity index (χ3n) is 2.92. The molecule has 0 saturated carbocycles. The number of hydrogen-bond donors (Lipinski definition) is 11. The molecule has 14 nitrogen and oxygen atoms in total. The molecule has 0 spiro atoms. The van der Waals surface area contributed by atoms with Gasteiger partial charge in [0.15, 0.2) is 18.5 Å². The largest absolute Gasteiger partial charge is 0.479 e. The van der Waals surface area contributed by atoms with Crippen LogP contribution in [0.3, 0.4) is 0 Å². The maximum absolute atomic E-state index is 10.1. The number of aliphatic hydroxyl groups is 9. The summed E-state index contributed by atoms with van der Waals surface area (Å²) in [4.78, 5) is 30.1. The highest BCUT2D eigenvalue weighted by molar-refractivity contribution is 5.75. The molecule has 0 saturated heterocycles. The summed E-state index contributed by atoms with van der Waals surface area (Å²) in [5.41, 5.74) is 0. The highest BCUT2D eigenvalue weighted by Crippen LogP contribution is 2.05. The predicted octanol–water partition coefficient (Wildman–Crippen LogP) is -6.78. The van der Waals surface area contributed by atoms with Gasteiger partial charge in [-0.05, 0) is 0 Å². The zero-order valence-corrected chi connectivity index (χ0v) is 13.0. The van der Waals surface area contributed by atoms with E-state index in [1.807, 2.05) is 0 Å². The zero-order chi connectivity index (χ0) is 21.2. The highest BCUT2D eigenvalue weighted by atomic mass is 16.4. The second-order valence-corrected chi connectivity index (χ2v) is 4.91. The second kappa shape index (κ2) is 12.6. The maximum Gasteiger partial charge on any atom is 0.335 e. The van der Waals surface area contributed by atoms with Crippen molar-refractivity contribution in [2.24, 2.45) is 0 Å². The van der Waals surface area contributed by atoms with Gasteiger partial charge >= 0.3 is 11.9 Å². The molecular formula is C12H22O14. The molecule has 0 aromatic carbocycles. The molecule has 0 aliphatic rings. The maximum atomic E-state index is 10.1. The Hall–Kier alpha value is -1.75. The highest BCUT2D eigenvalue weighted by Gasteiger charge is 2.37. The van der Waals surface area contributed by atoms with Crippen LogP contribution in [0.15, 0.2) is 0 Å². The van der Waals surface area contributed by atoms with Crippen LogP contribution < -0.4 is 0 Å². The summed E-state index contributed by atoms with van der Waals surface area (Å²) < 4.78 is 0. The van der Waals surface area contributed by atoms with Gasteiger partial charge in [-0.15, -0.1) is 0 Å². The first-order chi connectivity index (χ1) is 11.8. The minimum absolute atomic E-state index is 0.0258. The SMILES string of the molecule is O=C(O)C(O)C(O)C(O)C(O)C(=O)O.O=CC(O)C(O)C(O)C(O)CO. The molecule has 8 unspecified atom stereocenters. The van der Waals surface area contributed by atoms with Crippen LogP contribution in [0.4, 0.5) is 0 Å². The van der Waals surface area contributed by atoms with Gasteiger partial charge in [-0.3, -0.25) is 0 Å². The normalized spacial score (nSPS) is 20.2. The second-order valence-electron chi connectivity index (χ2n) is 4.91. The third kappa shape index (κ3) is 8.56. The number of aliphatic carboxylic acids is 2. The van der Waals surface area contributed by atoms with Crippen LogP contribution in [0.2, 0.25) is 0 Å². The molecule has 0 bridgehead atoms. The van der Waals surface area contributed by atoms with E-state index in [9.17, 15) is 14.4 Å². The summed E-state index contributed by atoms with van der Waals surface area (Å²) in [5, 5.41) is 95.0. The fourth-order valence-corrected chi connectivity index (χ4v) is 1.28. The molecule has 0 aliphatic carbocycles. The van der Waals surface area contributed by atoms with E-state index in [-0.39, 0.29) is 6.29 Å². The van der Waals surface area contributed by atoms with Crippen LogP contribution >= 0.6 is 0 Å². The lowest BCUT2D eigenvalue weighted by Gasteiger charge is -2.22. The van der Waals surface area contributed by atoms with Gasteiger partial charge in [-0.1, -0.05) is 0 Å². The van der Waals surface area contributed by atoms with Crippen molar-refractivity contribution in [1.29, 1.82) is 0 Å². The molecule has 14 heteroatoms. The van der Waals surface area contributed by atoms with E-state index in [1.165, 1.54) is 0 Å². The first-order valence-electron chi connectivity index (χ1n) is 6.79. The average molecular weight is 390 g/mol. The van der Waals surface area contributed by atoms with Crippen molar-refractivity contribution < 1.29 is 70.6 Å². The smallest absolute Gasteiger partial charge is 0.335 e. The number of carboxylic acids is 2. The van der Waals surface area contributed by atoms with Crippen molar-refractivity contribution in [3.05, 3.63) is 0 Å². The van der Waals surface area contributed by atoms with Gasteiger partial charge < -0.3 is 61.0 Å². The van der Waals surface area contributed by atoms with Crippen LogP contribution in [0.1, 0.15) is 0 Å². The van der Waals surface area contributed by atoms with Crippen molar-refractivity contribution in [2.45, 2.75) is 48.8 Å². The van der Waals surface area contributed by atoms with E-state index < -0.39 is 67.4 Å². The predicted molar refractivity (Wildman–Crippen MR) is 76.5 cm³/mol. The van der Waals surface area contributed by atoms with Crippen molar-refractivity contribution in [1.82, 2.24) is 0 Å². The molecule has 26 heavy (non-hydrogen) atoms. The van der Waals surface area contributed by atoms with Gasteiger partial charge in [0.2, 0.25) is 0 Å². The topological polar surface area (TPSA) is 274 Å². The van der Waals surface area contributed by atoms with Crippen LogP contribution in [0.25, 0.3) is 0 Å². The monoisotopic (exact) mass is 390 g/mol. The van der Waals surface area contributed by atoms with Crippen LogP contribution in [0, 0.1) is 0 Å². The van der Waals surface area contributed by atoms with Gasteiger partial charge in [0, 0.05) is 0 Å². The summed E-state index contributed by atoms with van der Waals surface area (Å²) in [7, 11) is 0. The number of carboxylic acid groups (broad SMARTS) is 2. The molecule has 154 valence electrons. The number of rotatable bonds is 10. The Kier molecular flexibility index (Phi) is 12.8. The minimum Gasteiger partial charge on any atom is -0.479 e. The van der Waals surface area contributed by atoms with Crippen LogP contribution in [0.5, 0.6) is 0 Å². The van der Waals surface area contributed by atoms with Crippen molar-refractivity contribution >= 4 is 18.2 Å². The van der Waals surface area contributed by atoms with Gasteiger partial charge in [-0.2, -0.15) is 0 Å². The Morgan fingerprint density at radius 1 is 0.692 bits per heavy atom. The van der Waals surface area contributed by atoms with E-state index in [0.717, 1.165) is 0 Å². The number of carbonyl (C=O) groups excluding carboxylic acids is 1. The molecule has 0 heterocycles. The Bertz CT molecular complexity index is 418. The number of aldehydes is 1. The Balaban J connectivity index is 0. The summed E-state index contributed by atoms with van der Waals surface area (Å²) in [6, 6.07) is 0. The Morgan fingerprint density at radius 3 is 1.27 bits per heavy atom.